The van der Waals surface area contributed by atoms with E-state index in [-0.39, 0.29) is 88.2 Å². The lowest BCUT2D eigenvalue weighted by Crippen LogP contribution is -2.32. The van der Waals surface area contributed by atoms with Crippen LogP contribution in [0.15, 0.2) is 72.8 Å². The monoisotopic (exact) mass is 989 g/mol. The first-order valence-electron chi connectivity index (χ1n) is 19.5. The first-order chi connectivity index (χ1) is 32.0. The van der Waals surface area contributed by atoms with Gasteiger partial charge in [-0.25, -0.2) is 0 Å². The molecule has 0 unspecified atom stereocenters. The predicted octanol–water partition coefficient (Wildman–Crippen LogP) is -0.821. The minimum Gasteiger partial charge on any atom is -0.508 e. The summed E-state index contributed by atoms with van der Waals surface area (Å²) >= 11 is 0. The van der Waals surface area contributed by atoms with Gasteiger partial charge in [0.05, 0.1) is 51.7 Å². The molecule has 0 fully saturated rings. The van der Waals surface area contributed by atoms with Crippen LogP contribution in [0, 0.1) is 0 Å². The van der Waals surface area contributed by atoms with Crippen molar-refractivity contribution in [3.8, 4) is 17.2 Å². The molecule has 0 bridgehead atoms. The van der Waals surface area contributed by atoms with E-state index >= 15 is 0 Å². The summed E-state index contributed by atoms with van der Waals surface area (Å²) in [6, 6.07) is 16.3. The highest BCUT2D eigenvalue weighted by molar-refractivity contribution is 5.76. The van der Waals surface area contributed by atoms with Gasteiger partial charge < -0.3 is 93.8 Å². The molecule has 0 amide bonds. The number of phenols is 3. The lowest BCUT2D eigenvalue weighted by molar-refractivity contribution is -0.143. The van der Waals surface area contributed by atoms with Crippen LogP contribution in [0.3, 0.4) is 0 Å². The van der Waals surface area contributed by atoms with Gasteiger partial charge in [0.25, 0.3) is 0 Å². The third-order valence-corrected chi connectivity index (χ3v) is 7.21. The summed E-state index contributed by atoms with van der Waals surface area (Å²) < 4.78 is 0. The molecule has 21 N–H and O–H groups in total. The molecule has 0 aliphatic rings. The Balaban J connectivity index is -0.000000364. The maximum absolute atomic E-state index is 10.4. The fraction of sp³-hybridized carbons (Fsp3) is 0.357. The Kier molecular flexibility index (Phi) is 39.5. The molecule has 0 heterocycles. The average Bonchev–Trinajstić information content (AvgIpc) is 3.27. The Morgan fingerprint density at radius 2 is 0.507 bits per heavy atom. The van der Waals surface area contributed by atoms with E-state index in [0.717, 1.165) is 16.7 Å². The summed E-state index contributed by atoms with van der Waals surface area (Å²) in [7, 11) is 0. The Bertz CT molecular complexity index is 1720. The highest BCUT2D eigenvalue weighted by Crippen LogP contribution is 2.12. The minimum atomic E-state index is -1.08. The highest BCUT2D eigenvalue weighted by atomic mass is 16.4. The molecule has 27 heteroatoms. The lowest BCUT2D eigenvalue weighted by atomic mass is 10.1. The van der Waals surface area contributed by atoms with Crippen LogP contribution in [-0.4, -0.2) is 168 Å². The van der Waals surface area contributed by atoms with Crippen molar-refractivity contribution in [2.24, 2.45) is 17.2 Å². The zero-order valence-corrected chi connectivity index (χ0v) is 36.6. The van der Waals surface area contributed by atoms with Crippen molar-refractivity contribution in [1.82, 2.24) is 0 Å². The van der Waals surface area contributed by atoms with E-state index in [1.807, 2.05) is 0 Å². The van der Waals surface area contributed by atoms with Gasteiger partial charge in [0.1, 0.15) is 41.5 Å². The second kappa shape index (κ2) is 40.3. The molecule has 27 nitrogen and oxygen atoms in total. The molecule has 3 aromatic carbocycles. The number of hydrogen-bond donors (Lipinski definition) is 18. The van der Waals surface area contributed by atoms with E-state index in [1.54, 1.807) is 36.4 Å². The number of carbonyl (C=O) groups is 9. The van der Waals surface area contributed by atoms with Gasteiger partial charge >= 0.3 is 53.7 Å². The van der Waals surface area contributed by atoms with Gasteiger partial charge in [-0.15, -0.1) is 0 Å². The van der Waals surface area contributed by atoms with E-state index in [2.05, 4.69) is 0 Å². The van der Waals surface area contributed by atoms with Crippen molar-refractivity contribution in [1.29, 1.82) is 0 Å². The second-order valence-corrected chi connectivity index (χ2v) is 13.3. The lowest BCUT2D eigenvalue weighted by Gasteiger charge is -2.05. The molecule has 69 heavy (non-hydrogen) atoms. The molecular weight excluding hydrogens is 930 g/mol. The van der Waals surface area contributed by atoms with Gasteiger partial charge in [0, 0.05) is 0 Å². The molecule has 0 saturated carbocycles. The number of aliphatic hydroxyl groups is 3. The number of aliphatic hydroxyl groups excluding tert-OH is 3. The second-order valence-electron chi connectivity index (χ2n) is 13.3. The number of carboxylic acids is 9. The van der Waals surface area contributed by atoms with Crippen molar-refractivity contribution in [3.05, 3.63) is 89.5 Å². The topological polar surface area (TPSA) is 535 Å². The summed E-state index contributed by atoms with van der Waals surface area (Å²) in [4.78, 5) is 89.0. The van der Waals surface area contributed by atoms with E-state index < -0.39 is 78.0 Å². The van der Waals surface area contributed by atoms with Gasteiger partial charge in [-0.3, -0.25) is 43.2 Å². The largest absolute Gasteiger partial charge is 0.508 e. The fourth-order valence-corrected chi connectivity index (χ4v) is 3.62. The normalized spacial score (nSPS) is 10.8. The number of benzene rings is 3. The van der Waals surface area contributed by atoms with E-state index in [9.17, 15) is 43.2 Å². The zero-order valence-electron chi connectivity index (χ0n) is 36.6. The molecule has 0 aromatic heterocycles. The summed E-state index contributed by atoms with van der Waals surface area (Å²) in [5.41, 5.74) is 18.4. The summed E-state index contributed by atoms with van der Waals surface area (Å²) in [6.07, 6.45) is -1.91. The molecule has 386 valence electrons. The number of aliphatic carboxylic acids is 9. The van der Waals surface area contributed by atoms with Crippen LogP contribution in [0.4, 0.5) is 0 Å². The Labute approximate surface area is 392 Å². The Hall–Kier alpha value is -7.95. The quantitative estimate of drug-likeness (QED) is 0.0657. The molecule has 0 saturated heterocycles. The molecule has 0 spiro atoms. The van der Waals surface area contributed by atoms with Gasteiger partial charge in [0.2, 0.25) is 0 Å². The minimum absolute atomic E-state index is 0.160. The van der Waals surface area contributed by atoms with Crippen LogP contribution in [0.25, 0.3) is 0 Å². The molecule has 3 aromatic rings. The number of carboxylic acid groups (broad SMARTS) is 9. The van der Waals surface area contributed by atoms with Crippen LogP contribution < -0.4 is 17.2 Å². The van der Waals surface area contributed by atoms with Crippen molar-refractivity contribution >= 4 is 53.7 Å². The van der Waals surface area contributed by atoms with Crippen molar-refractivity contribution in [2.75, 3.05) is 13.2 Å². The van der Waals surface area contributed by atoms with Crippen molar-refractivity contribution in [2.45, 2.75) is 82.0 Å². The number of hydrogen-bond acceptors (Lipinski definition) is 18. The van der Waals surface area contributed by atoms with Crippen LogP contribution >= 0.6 is 0 Å². The van der Waals surface area contributed by atoms with Crippen molar-refractivity contribution < 1.29 is 120 Å². The van der Waals surface area contributed by atoms with Gasteiger partial charge in [0.15, 0.2) is 0 Å². The fourth-order valence-electron chi connectivity index (χ4n) is 3.62. The third kappa shape index (κ3) is 47.8. The molecule has 0 radical (unpaired) electrons. The third-order valence-electron chi connectivity index (χ3n) is 7.21. The molecular formula is C42H59N3O24. The number of aromatic hydroxyl groups is 3. The first kappa shape index (κ1) is 67.6. The van der Waals surface area contributed by atoms with Crippen LogP contribution in [0.5, 0.6) is 17.2 Å². The van der Waals surface area contributed by atoms with Gasteiger partial charge in [-0.05, 0) is 72.4 Å². The summed E-state index contributed by atoms with van der Waals surface area (Å²) in [5.74, 6) is -9.04. The van der Waals surface area contributed by atoms with E-state index in [4.69, 9.17) is 93.8 Å². The predicted molar refractivity (Wildman–Crippen MR) is 236 cm³/mol. The van der Waals surface area contributed by atoms with Crippen LogP contribution in [-0.2, 0) is 62.4 Å². The zero-order chi connectivity index (χ0) is 54.2. The molecule has 0 aliphatic heterocycles. The van der Waals surface area contributed by atoms with E-state index in [0.29, 0.717) is 0 Å². The average molecular weight is 990 g/mol. The molecule has 0 aliphatic carbocycles. The smallest absolute Gasteiger partial charge is 0.320 e. The SMILES string of the molecule is N[C@@H](Cc1ccc(O)cc1)C(=O)O.N[C@@H](Cc1ccc(O)cc1)C(=O)O.N[C@@H](Cc1ccc(O)cc1)C(=O)O.O=C(O)CCC(=O)O.O=C(O)CCC(=O)O.O=C(O)CCC(=O)O.OCC(O)CO. The Morgan fingerprint density at radius 3 is 0.609 bits per heavy atom. The van der Waals surface area contributed by atoms with Crippen LogP contribution in [0.2, 0.25) is 0 Å². The first-order valence-corrected chi connectivity index (χ1v) is 19.5. The Morgan fingerprint density at radius 1 is 0.348 bits per heavy atom. The number of nitrogens with two attached hydrogens (primary N) is 3. The molecule has 3 rings (SSSR count). The number of phenolic OH excluding ortho intramolecular Hbond substituents is 3. The van der Waals surface area contributed by atoms with E-state index in [1.165, 1.54) is 36.4 Å². The standard InChI is InChI=1S/3C9H11NO3.3C4H6O4.C3H8O3/c3*10-8(9(12)13)5-6-1-3-7(11)4-2-6;3*5-3(6)1-2-4(7)8;4-1-3(6)2-5/h3*1-4,8,11H,5,10H2,(H,12,13);3*1-2H2,(H,5,6)(H,7,8);3-6H,1-2H2/t3*8-;;;;/m000..../s1. The maximum Gasteiger partial charge on any atom is 0.320 e. The van der Waals surface area contributed by atoms with Crippen molar-refractivity contribution in [3.63, 3.8) is 0 Å². The van der Waals surface area contributed by atoms with Gasteiger partial charge in [-0.2, -0.15) is 0 Å². The maximum atomic E-state index is 10.4. The summed E-state index contributed by atoms with van der Waals surface area (Å²) in [6.45, 7) is -0.729. The summed E-state index contributed by atoms with van der Waals surface area (Å²) in [5, 5.41) is 124. The van der Waals surface area contributed by atoms with Crippen LogP contribution in [0.1, 0.15) is 55.2 Å². The number of rotatable bonds is 20. The van der Waals surface area contributed by atoms with Gasteiger partial charge in [-0.1, -0.05) is 36.4 Å². The highest BCUT2D eigenvalue weighted by Gasteiger charge is 2.13. The molecule has 3 atom stereocenters.